The number of ether oxygens (including phenoxy) is 5. The van der Waals surface area contributed by atoms with Crippen LogP contribution in [-0.2, 0) is 20.7 Å². The van der Waals surface area contributed by atoms with Crippen LogP contribution in [0, 0.1) is 0 Å². The van der Waals surface area contributed by atoms with Crippen molar-refractivity contribution in [1.82, 2.24) is 0 Å². The highest BCUT2D eigenvalue weighted by Crippen LogP contribution is 2.29. The van der Waals surface area contributed by atoms with Crippen LogP contribution in [0.2, 0.25) is 0 Å². The maximum atomic E-state index is 12.3. The summed E-state index contributed by atoms with van der Waals surface area (Å²) in [4.78, 5) is 24.5. The molecule has 1 N–H and O–H groups in total. The molecule has 0 unspecified atom stereocenters. The Morgan fingerprint density at radius 3 is 2.07 bits per heavy atom. The quantitative estimate of drug-likeness (QED) is 0.594. The molecule has 0 heterocycles. The van der Waals surface area contributed by atoms with Crippen LogP contribution in [0.1, 0.15) is 18.9 Å². The highest BCUT2D eigenvalue weighted by Gasteiger charge is 2.19. The van der Waals surface area contributed by atoms with Crippen LogP contribution in [0.5, 0.6) is 23.0 Å². The fourth-order valence-corrected chi connectivity index (χ4v) is 2.72. The summed E-state index contributed by atoms with van der Waals surface area (Å²) in [7, 11) is 6.15. The van der Waals surface area contributed by atoms with Gasteiger partial charge in [-0.3, -0.25) is 9.59 Å². The second-order valence-corrected chi connectivity index (χ2v) is 6.41. The molecule has 1 atom stereocenters. The van der Waals surface area contributed by atoms with E-state index < -0.39 is 18.0 Å². The standard InChI is InChI=1S/C22H27NO7/c1-14(22(25)23-16-7-8-19(28-4)20(12-16)29-5)30-21(24)9-6-15-10-17(26-2)13-18(11-15)27-3/h7-8,10-14H,6,9H2,1-5H3,(H,23,25)/t14-/m1/s1. The maximum Gasteiger partial charge on any atom is 0.306 e. The van der Waals surface area contributed by atoms with Gasteiger partial charge in [0, 0.05) is 24.2 Å². The number of hydrogen-bond donors (Lipinski definition) is 1. The van der Waals surface area contributed by atoms with E-state index in [0.29, 0.717) is 35.1 Å². The summed E-state index contributed by atoms with van der Waals surface area (Å²) in [5.41, 5.74) is 1.37. The lowest BCUT2D eigenvalue weighted by atomic mass is 10.1. The molecule has 0 saturated carbocycles. The van der Waals surface area contributed by atoms with E-state index in [0.717, 1.165) is 5.56 Å². The molecule has 0 aliphatic rings. The lowest BCUT2D eigenvalue weighted by Crippen LogP contribution is -2.30. The van der Waals surface area contributed by atoms with Crippen LogP contribution in [0.3, 0.4) is 0 Å². The molecule has 0 fully saturated rings. The van der Waals surface area contributed by atoms with Gasteiger partial charge in [-0.05, 0) is 43.2 Å². The molecule has 0 aliphatic heterocycles. The zero-order valence-electron chi connectivity index (χ0n) is 17.8. The number of nitrogens with one attached hydrogen (secondary N) is 1. The summed E-state index contributed by atoms with van der Waals surface area (Å²) < 4.78 is 26.1. The third-order valence-electron chi connectivity index (χ3n) is 4.36. The van der Waals surface area contributed by atoms with E-state index in [1.165, 1.54) is 21.1 Å². The Hall–Kier alpha value is -3.42. The Kier molecular flexibility index (Phi) is 8.34. The smallest absolute Gasteiger partial charge is 0.306 e. The van der Waals surface area contributed by atoms with Gasteiger partial charge in [-0.2, -0.15) is 0 Å². The van der Waals surface area contributed by atoms with Gasteiger partial charge < -0.3 is 29.0 Å². The number of anilines is 1. The van der Waals surface area contributed by atoms with Crippen molar-refractivity contribution in [3.63, 3.8) is 0 Å². The normalized spacial score (nSPS) is 11.2. The molecular formula is C22H27NO7. The molecule has 0 radical (unpaired) electrons. The average molecular weight is 417 g/mol. The lowest BCUT2D eigenvalue weighted by molar-refractivity contribution is -0.153. The highest BCUT2D eigenvalue weighted by molar-refractivity contribution is 5.95. The molecule has 2 aromatic carbocycles. The van der Waals surface area contributed by atoms with Gasteiger partial charge in [0.25, 0.3) is 5.91 Å². The van der Waals surface area contributed by atoms with Crippen molar-refractivity contribution >= 4 is 17.6 Å². The first-order valence-corrected chi connectivity index (χ1v) is 9.34. The summed E-state index contributed by atoms with van der Waals surface area (Å²) in [5.74, 6) is 1.38. The maximum absolute atomic E-state index is 12.3. The number of benzene rings is 2. The highest BCUT2D eigenvalue weighted by atomic mass is 16.5. The van der Waals surface area contributed by atoms with Crippen LogP contribution < -0.4 is 24.3 Å². The number of carbonyl (C=O) groups excluding carboxylic acids is 2. The van der Waals surface area contributed by atoms with Crippen molar-refractivity contribution in [3.8, 4) is 23.0 Å². The summed E-state index contributed by atoms with van der Waals surface area (Å²) in [6, 6.07) is 10.4. The fourth-order valence-electron chi connectivity index (χ4n) is 2.72. The molecule has 0 saturated heterocycles. The lowest BCUT2D eigenvalue weighted by Gasteiger charge is -2.15. The first-order valence-electron chi connectivity index (χ1n) is 9.34. The van der Waals surface area contributed by atoms with Crippen LogP contribution >= 0.6 is 0 Å². The van der Waals surface area contributed by atoms with Gasteiger partial charge in [0.15, 0.2) is 17.6 Å². The second-order valence-electron chi connectivity index (χ2n) is 6.41. The first-order chi connectivity index (χ1) is 14.4. The Labute approximate surface area is 176 Å². The van der Waals surface area contributed by atoms with Gasteiger partial charge in [0.2, 0.25) is 0 Å². The Morgan fingerprint density at radius 2 is 1.50 bits per heavy atom. The van der Waals surface area contributed by atoms with Gasteiger partial charge >= 0.3 is 5.97 Å². The number of carbonyl (C=O) groups is 2. The molecular weight excluding hydrogens is 390 g/mol. The van der Waals surface area contributed by atoms with E-state index in [1.807, 2.05) is 12.1 Å². The fraction of sp³-hybridized carbons (Fsp3) is 0.364. The van der Waals surface area contributed by atoms with Crippen LogP contribution in [0.25, 0.3) is 0 Å². The molecule has 30 heavy (non-hydrogen) atoms. The number of amides is 1. The number of aryl methyl sites for hydroxylation is 1. The van der Waals surface area contributed by atoms with E-state index in [1.54, 1.807) is 38.5 Å². The number of methoxy groups -OCH3 is 4. The summed E-state index contributed by atoms with van der Waals surface area (Å²) in [6.45, 7) is 1.52. The molecule has 0 spiro atoms. The zero-order chi connectivity index (χ0) is 22.1. The number of rotatable bonds is 10. The minimum Gasteiger partial charge on any atom is -0.497 e. The third kappa shape index (κ3) is 6.30. The van der Waals surface area contributed by atoms with E-state index in [4.69, 9.17) is 23.7 Å². The molecule has 2 aromatic rings. The molecule has 2 rings (SSSR count). The molecule has 162 valence electrons. The van der Waals surface area contributed by atoms with E-state index in [2.05, 4.69) is 5.32 Å². The number of esters is 1. The van der Waals surface area contributed by atoms with Crippen LogP contribution in [-0.4, -0.2) is 46.4 Å². The second kappa shape index (κ2) is 10.9. The zero-order valence-corrected chi connectivity index (χ0v) is 17.8. The van der Waals surface area contributed by atoms with Gasteiger partial charge in [0.05, 0.1) is 28.4 Å². The minimum absolute atomic E-state index is 0.115. The Morgan fingerprint density at radius 1 is 0.867 bits per heavy atom. The van der Waals surface area contributed by atoms with Gasteiger partial charge in [-0.25, -0.2) is 0 Å². The van der Waals surface area contributed by atoms with Crippen molar-refractivity contribution in [2.45, 2.75) is 25.9 Å². The number of hydrogen-bond acceptors (Lipinski definition) is 7. The molecule has 0 aliphatic carbocycles. The molecule has 8 nitrogen and oxygen atoms in total. The third-order valence-corrected chi connectivity index (χ3v) is 4.36. The predicted octanol–water partition coefficient (Wildman–Crippen LogP) is 3.22. The van der Waals surface area contributed by atoms with E-state index in [-0.39, 0.29) is 6.42 Å². The van der Waals surface area contributed by atoms with Gasteiger partial charge in [-0.1, -0.05) is 0 Å². The monoisotopic (exact) mass is 417 g/mol. The van der Waals surface area contributed by atoms with Gasteiger partial charge in [-0.15, -0.1) is 0 Å². The van der Waals surface area contributed by atoms with E-state index >= 15 is 0 Å². The topological polar surface area (TPSA) is 92.3 Å². The first kappa shape index (κ1) is 22.9. The van der Waals surface area contributed by atoms with Crippen molar-refractivity contribution in [2.75, 3.05) is 33.8 Å². The van der Waals surface area contributed by atoms with Gasteiger partial charge in [0.1, 0.15) is 11.5 Å². The largest absolute Gasteiger partial charge is 0.497 e. The van der Waals surface area contributed by atoms with Crippen molar-refractivity contribution in [2.24, 2.45) is 0 Å². The average Bonchev–Trinajstić information content (AvgIpc) is 2.77. The Bertz CT molecular complexity index is 860. The summed E-state index contributed by atoms with van der Waals surface area (Å²) in [5, 5.41) is 2.69. The minimum atomic E-state index is -0.953. The van der Waals surface area contributed by atoms with Crippen molar-refractivity contribution in [3.05, 3.63) is 42.0 Å². The SMILES string of the molecule is COc1cc(CCC(=O)O[C@H](C)C(=O)Nc2ccc(OC)c(OC)c2)cc(OC)c1. The van der Waals surface area contributed by atoms with E-state index in [9.17, 15) is 9.59 Å². The van der Waals surface area contributed by atoms with Crippen molar-refractivity contribution < 1.29 is 33.3 Å². The van der Waals surface area contributed by atoms with Crippen LogP contribution in [0.4, 0.5) is 5.69 Å². The predicted molar refractivity (Wildman–Crippen MR) is 112 cm³/mol. The summed E-state index contributed by atoms with van der Waals surface area (Å²) in [6.07, 6.45) is -0.411. The van der Waals surface area contributed by atoms with Crippen molar-refractivity contribution in [1.29, 1.82) is 0 Å². The molecule has 0 aromatic heterocycles. The van der Waals surface area contributed by atoms with Crippen LogP contribution in [0.15, 0.2) is 36.4 Å². The molecule has 1 amide bonds. The molecule has 0 bridgehead atoms. The Balaban J connectivity index is 1.90. The molecule has 8 heteroatoms. The summed E-state index contributed by atoms with van der Waals surface area (Å²) >= 11 is 0.